The van der Waals surface area contributed by atoms with Crippen molar-refractivity contribution in [3.8, 4) is 0 Å². The standard InChI is InChI=1S/C17H23Br/c1-12(11-18)13-6-7-14-15(10-13)17(4,5)9-8-16(14,2)3/h6-7,10-11H,8-9H2,1-5H3. The Balaban J connectivity index is 2.62. The van der Waals surface area contributed by atoms with Crippen LogP contribution in [0.5, 0.6) is 0 Å². The molecule has 0 saturated carbocycles. The van der Waals surface area contributed by atoms with Crippen LogP contribution in [-0.2, 0) is 10.8 Å². The number of benzene rings is 1. The number of fused-ring (bicyclic) bond motifs is 1. The Morgan fingerprint density at radius 1 is 1.06 bits per heavy atom. The largest absolute Gasteiger partial charge is 0.0592 e. The number of hydrogen-bond acceptors (Lipinski definition) is 0. The van der Waals surface area contributed by atoms with Crippen LogP contribution < -0.4 is 0 Å². The first-order valence-corrected chi connectivity index (χ1v) is 7.62. The van der Waals surface area contributed by atoms with Crippen LogP contribution in [0, 0.1) is 0 Å². The second-order valence-electron chi connectivity index (χ2n) is 6.82. The summed E-state index contributed by atoms with van der Waals surface area (Å²) in [4.78, 5) is 2.01. The molecular formula is C17H23Br. The first-order valence-electron chi connectivity index (χ1n) is 6.70. The summed E-state index contributed by atoms with van der Waals surface area (Å²) in [6.07, 6.45) is 2.55. The highest BCUT2D eigenvalue weighted by molar-refractivity contribution is 9.11. The maximum absolute atomic E-state index is 3.44. The van der Waals surface area contributed by atoms with E-state index in [0.717, 1.165) is 0 Å². The van der Waals surface area contributed by atoms with E-state index in [1.165, 1.54) is 35.1 Å². The fourth-order valence-corrected chi connectivity index (χ4v) is 3.16. The normalized spacial score (nSPS) is 21.6. The molecule has 0 radical (unpaired) electrons. The van der Waals surface area contributed by atoms with Gasteiger partial charge >= 0.3 is 0 Å². The Kier molecular flexibility index (Phi) is 3.48. The topological polar surface area (TPSA) is 0 Å². The molecule has 0 nitrogen and oxygen atoms in total. The first kappa shape index (κ1) is 13.9. The van der Waals surface area contributed by atoms with Gasteiger partial charge in [0.15, 0.2) is 0 Å². The van der Waals surface area contributed by atoms with Gasteiger partial charge in [-0.05, 0) is 57.8 Å². The molecule has 0 amide bonds. The SMILES string of the molecule is CC(=CBr)c1ccc2c(c1)C(C)(C)CCC2(C)C. The lowest BCUT2D eigenvalue weighted by molar-refractivity contribution is 0.332. The minimum absolute atomic E-state index is 0.299. The van der Waals surface area contributed by atoms with E-state index >= 15 is 0 Å². The van der Waals surface area contributed by atoms with Crippen LogP contribution in [0.3, 0.4) is 0 Å². The molecule has 0 fully saturated rings. The molecule has 0 aliphatic heterocycles. The molecular weight excluding hydrogens is 284 g/mol. The molecule has 1 heteroatoms. The molecule has 1 aliphatic carbocycles. The van der Waals surface area contributed by atoms with Gasteiger partial charge in [0, 0.05) is 0 Å². The molecule has 1 aliphatic rings. The van der Waals surface area contributed by atoms with Gasteiger partial charge in [-0.2, -0.15) is 0 Å². The third kappa shape index (κ3) is 2.30. The van der Waals surface area contributed by atoms with Crippen molar-refractivity contribution in [3.05, 3.63) is 39.9 Å². The second kappa shape index (κ2) is 4.52. The molecule has 1 aromatic rings. The van der Waals surface area contributed by atoms with E-state index in [9.17, 15) is 0 Å². The van der Waals surface area contributed by atoms with Crippen molar-refractivity contribution in [3.63, 3.8) is 0 Å². The van der Waals surface area contributed by atoms with E-state index in [4.69, 9.17) is 0 Å². The summed E-state index contributed by atoms with van der Waals surface area (Å²) >= 11 is 3.44. The third-order valence-corrected chi connectivity index (χ3v) is 5.16. The minimum atomic E-state index is 0.299. The molecule has 0 aromatic heterocycles. The Bertz CT molecular complexity index is 492. The Morgan fingerprint density at radius 3 is 2.17 bits per heavy atom. The van der Waals surface area contributed by atoms with Gasteiger partial charge in [0.2, 0.25) is 0 Å². The van der Waals surface area contributed by atoms with Crippen LogP contribution in [0.15, 0.2) is 23.2 Å². The van der Waals surface area contributed by atoms with E-state index in [2.05, 4.69) is 68.7 Å². The fourth-order valence-electron chi connectivity index (χ4n) is 2.90. The molecule has 0 atom stereocenters. The number of halogens is 1. The third-order valence-electron chi connectivity index (χ3n) is 4.47. The summed E-state index contributed by atoms with van der Waals surface area (Å²) in [5.41, 5.74) is 6.30. The van der Waals surface area contributed by atoms with Crippen molar-refractivity contribution in [2.75, 3.05) is 0 Å². The average molecular weight is 307 g/mol. The highest BCUT2D eigenvalue weighted by Crippen LogP contribution is 2.46. The Hall–Kier alpha value is -0.560. The van der Waals surface area contributed by atoms with Crippen molar-refractivity contribution in [1.82, 2.24) is 0 Å². The minimum Gasteiger partial charge on any atom is -0.0592 e. The van der Waals surface area contributed by atoms with Gasteiger partial charge in [0.1, 0.15) is 0 Å². The van der Waals surface area contributed by atoms with Crippen molar-refractivity contribution in [1.29, 1.82) is 0 Å². The van der Waals surface area contributed by atoms with Crippen LogP contribution in [0.4, 0.5) is 0 Å². The van der Waals surface area contributed by atoms with E-state index in [0.29, 0.717) is 10.8 Å². The second-order valence-corrected chi connectivity index (χ2v) is 7.28. The molecule has 0 saturated heterocycles. The summed E-state index contributed by atoms with van der Waals surface area (Å²) in [7, 11) is 0. The number of rotatable bonds is 1. The molecule has 1 aromatic carbocycles. The lowest BCUT2D eigenvalue weighted by atomic mass is 9.63. The predicted molar refractivity (Wildman–Crippen MR) is 84.3 cm³/mol. The smallest absolute Gasteiger partial charge is 0.0100 e. The zero-order chi connectivity index (χ0) is 13.6. The summed E-state index contributed by atoms with van der Waals surface area (Å²) in [6, 6.07) is 6.99. The predicted octanol–water partition coefficient (Wildman–Crippen LogP) is 5.79. The summed E-state index contributed by atoms with van der Waals surface area (Å²) in [6.45, 7) is 11.6. The summed E-state index contributed by atoms with van der Waals surface area (Å²) < 4.78 is 0. The summed E-state index contributed by atoms with van der Waals surface area (Å²) in [5, 5.41) is 0. The molecule has 18 heavy (non-hydrogen) atoms. The highest BCUT2D eigenvalue weighted by atomic mass is 79.9. The molecule has 98 valence electrons. The van der Waals surface area contributed by atoms with Gasteiger partial charge in [0.05, 0.1) is 0 Å². The van der Waals surface area contributed by atoms with E-state index in [1.54, 1.807) is 0 Å². The van der Waals surface area contributed by atoms with Crippen LogP contribution in [0.1, 0.15) is 64.2 Å². The van der Waals surface area contributed by atoms with Gasteiger partial charge in [-0.3, -0.25) is 0 Å². The Morgan fingerprint density at radius 2 is 1.61 bits per heavy atom. The highest BCUT2D eigenvalue weighted by Gasteiger charge is 2.36. The first-order chi connectivity index (χ1) is 8.28. The maximum Gasteiger partial charge on any atom is -0.0100 e. The van der Waals surface area contributed by atoms with E-state index in [1.807, 2.05) is 4.99 Å². The fraction of sp³-hybridized carbons (Fsp3) is 0.529. The molecule has 0 bridgehead atoms. The number of allylic oxidation sites excluding steroid dienone is 1. The molecule has 0 unspecified atom stereocenters. The van der Waals surface area contributed by atoms with Gasteiger partial charge in [-0.15, -0.1) is 0 Å². The molecule has 0 N–H and O–H groups in total. The monoisotopic (exact) mass is 306 g/mol. The molecule has 2 rings (SSSR count). The Labute approximate surface area is 120 Å². The van der Waals surface area contributed by atoms with Crippen LogP contribution in [0.2, 0.25) is 0 Å². The van der Waals surface area contributed by atoms with E-state index < -0.39 is 0 Å². The van der Waals surface area contributed by atoms with Crippen molar-refractivity contribution in [2.45, 2.75) is 58.3 Å². The van der Waals surface area contributed by atoms with Gasteiger partial charge in [0.25, 0.3) is 0 Å². The maximum atomic E-state index is 3.44. The average Bonchev–Trinajstić information content (AvgIpc) is 2.34. The number of hydrogen-bond donors (Lipinski definition) is 0. The molecule has 0 spiro atoms. The van der Waals surface area contributed by atoms with Crippen molar-refractivity contribution in [2.24, 2.45) is 0 Å². The lowest BCUT2D eigenvalue weighted by Crippen LogP contribution is -2.33. The quantitative estimate of drug-likeness (QED) is 0.616. The van der Waals surface area contributed by atoms with Crippen LogP contribution >= 0.6 is 15.9 Å². The zero-order valence-electron chi connectivity index (χ0n) is 12.1. The van der Waals surface area contributed by atoms with Crippen LogP contribution in [0.25, 0.3) is 5.57 Å². The van der Waals surface area contributed by atoms with Gasteiger partial charge < -0.3 is 0 Å². The van der Waals surface area contributed by atoms with Gasteiger partial charge in [-0.25, -0.2) is 0 Å². The zero-order valence-corrected chi connectivity index (χ0v) is 13.7. The summed E-state index contributed by atoms with van der Waals surface area (Å²) in [5.74, 6) is 0. The van der Waals surface area contributed by atoms with Crippen molar-refractivity contribution >= 4 is 21.5 Å². The molecule has 0 heterocycles. The van der Waals surface area contributed by atoms with Crippen LogP contribution in [-0.4, -0.2) is 0 Å². The van der Waals surface area contributed by atoms with Crippen molar-refractivity contribution < 1.29 is 0 Å². The van der Waals surface area contributed by atoms with Gasteiger partial charge in [-0.1, -0.05) is 61.8 Å². The van der Waals surface area contributed by atoms with E-state index in [-0.39, 0.29) is 0 Å². The lowest BCUT2D eigenvalue weighted by Gasteiger charge is -2.42.